The fourth-order valence-electron chi connectivity index (χ4n) is 2.93. The Kier molecular flexibility index (Phi) is 5.44. The summed E-state index contributed by atoms with van der Waals surface area (Å²) in [5.74, 6) is 1.51. The topological polar surface area (TPSA) is 30.5 Å². The molecule has 3 nitrogen and oxygen atoms in total. The standard InChI is InChI=1S/C17H27NO2/c1-5-18-17(14-10-13(4)19-11-14)15-8-6-7-9-16(15)20-12(2)3/h6-9,12-14,17-18H,5,10-11H2,1-4H3. The molecule has 2 rings (SSSR count). The van der Waals surface area contributed by atoms with Gasteiger partial charge in [-0.25, -0.2) is 0 Å². The van der Waals surface area contributed by atoms with Crippen molar-refractivity contribution in [3.8, 4) is 5.75 Å². The first-order valence-electron chi connectivity index (χ1n) is 7.72. The molecule has 1 N–H and O–H groups in total. The van der Waals surface area contributed by atoms with Crippen molar-refractivity contribution in [2.45, 2.75) is 52.4 Å². The predicted octanol–water partition coefficient (Wildman–Crippen LogP) is 3.55. The molecule has 0 aliphatic carbocycles. The minimum Gasteiger partial charge on any atom is -0.491 e. The van der Waals surface area contributed by atoms with Crippen LogP contribution in [0, 0.1) is 5.92 Å². The van der Waals surface area contributed by atoms with E-state index in [0.717, 1.165) is 25.3 Å². The summed E-state index contributed by atoms with van der Waals surface area (Å²) in [6, 6.07) is 8.68. The predicted molar refractivity (Wildman–Crippen MR) is 82.1 cm³/mol. The number of hydrogen-bond acceptors (Lipinski definition) is 3. The average molecular weight is 277 g/mol. The maximum atomic E-state index is 5.98. The second kappa shape index (κ2) is 7.09. The van der Waals surface area contributed by atoms with E-state index in [2.05, 4.69) is 51.2 Å². The van der Waals surface area contributed by atoms with Gasteiger partial charge >= 0.3 is 0 Å². The average Bonchev–Trinajstić information content (AvgIpc) is 2.83. The molecule has 1 aromatic rings. The van der Waals surface area contributed by atoms with E-state index in [4.69, 9.17) is 9.47 Å². The molecule has 1 saturated heterocycles. The van der Waals surface area contributed by atoms with Crippen LogP contribution >= 0.6 is 0 Å². The van der Waals surface area contributed by atoms with E-state index in [1.54, 1.807) is 0 Å². The second-order valence-electron chi connectivity index (χ2n) is 5.88. The molecule has 3 atom stereocenters. The van der Waals surface area contributed by atoms with Gasteiger partial charge in [-0.1, -0.05) is 25.1 Å². The molecule has 3 heteroatoms. The van der Waals surface area contributed by atoms with Crippen molar-refractivity contribution >= 4 is 0 Å². The summed E-state index contributed by atoms with van der Waals surface area (Å²) in [6.45, 7) is 10.2. The van der Waals surface area contributed by atoms with E-state index >= 15 is 0 Å². The van der Waals surface area contributed by atoms with Gasteiger partial charge in [0.25, 0.3) is 0 Å². The number of rotatable bonds is 6. The van der Waals surface area contributed by atoms with Gasteiger partial charge in [-0.3, -0.25) is 0 Å². The third-order valence-electron chi connectivity index (χ3n) is 3.74. The highest BCUT2D eigenvalue weighted by Gasteiger charge is 2.31. The van der Waals surface area contributed by atoms with Gasteiger partial charge in [0.1, 0.15) is 5.75 Å². The van der Waals surface area contributed by atoms with Crippen molar-refractivity contribution in [1.82, 2.24) is 5.32 Å². The fraction of sp³-hybridized carbons (Fsp3) is 0.647. The SMILES string of the molecule is CCNC(c1ccccc1OC(C)C)C1COC(C)C1. The molecular weight excluding hydrogens is 250 g/mol. The van der Waals surface area contributed by atoms with Crippen LogP contribution in [0.3, 0.4) is 0 Å². The van der Waals surface area contributed by atoms with Gasteiger partial charge in [0.15, 0.2) is 0 Å². The van der Waals surface area contributed by atoms with Crippen LogP contribution in [0.15, 0.2) is 24.3 Å². The van der Waals surface area contributed by atoms with Gasteiger partial charge in [-0.2, -0.15) is 0 Å². The fourth-order valence-corrected chi connectivity index (χ4v) is 2.93. The summed E-state index contributed by atoms with van der Waals surface area (Å²) < 4.78 is 11.7. The number of benzene rings is 1. The van der Waals surface area contributed by atoms with Crippen LogP contribution in [-0.4, -0.2) is 25.4 Å². The van der Waals surface area contributed by atoms with Crippen LogP contribution in [0.2, 0.25) is 0 Å². The molecule has 1 aliphatic heterocycles. The van der Waals surface area contributed by atoms with Crippen molar-refractivity contribution in [3.05, 3.63) is 29.8 Å². The van der Waals surface area contributed by atoms with E-state index in [0.29, 0.717) is 18.1 Å². The van der Waals surface area contributed by atoms with Gasteiger partial charge in [-0.05, 0) is 39.8 Å². The first-order chi connectivity index (χ1) is 9.61. The van der Waals surface area contributed by atoms with Gasteiger partial charge in [0, 0.05) is 17.5 Å². The van der Waals surface area contributed by atoms with Crippen molar-refractivity contribution < 1.29 is 9.47 Å². The lowest BCUT2D eigenvalue weighted by Gasteiger charge is -2.26. The van der Waals surface area contributed by atoms with E-state index in [1.165, 1.54) is 5.56 Å². The highest BCUT2D eigenvalue weighted by Crippen LogP contribution is 2.36. The Hall–Kier alpha value is -1.06. The molecule has 0 spiro atoms. The van der Waals surface area contributed by atoms with Crippen LogP contribution in [0.25, 0.3) is 0 Å². The lowest BCUT2D eigenvalue weighted by molar-refractivity contribution is 0.116. The van der Waals surface area contributed by atoms with E-state index in [9.17, 15) is 0 Å². The third kappa shape index (κ3) is 3.74. The summed E-state index contributed by atoms with van der Waals surface area (Å²) in [5.41, 5.74) is 1.26. The first kappa shape index (κ1) is 15.3. The Morgan fingerprint density at radius 3 is 2.70 bits per heavy atom. The van der Waals surface area contributed by atoms with Crippen molar-refractivity contribution in [2.75, 3.05) is 13.2 Å². The molecule has 0 radical (unpaired) electrons. The van der Waals surface area contributed by atoms with Crippen LogP contribution in [0.4, 0.5) is 0 Å². The molecule has 1 aromatic carbocycles. The van der Waals surface area contributed by atoms with Crippen LogP contribution in [0.5, 0.6) is 5.75 Å². The molecule has 1 aliphatic rings. The normalized spacial score (nSPS) is 24.1. The Morgan fingerprint density at radius 2 is 2.10 bits per heavy atom. The lowest BCUT2D eigenvalue weighted by Crippen LogP contribution is -2.29. The Morgan fingerprint density at radius 1 is 1.35 bits per heavy atom. The summed E-state index contributed by atoms with van der Waals surface area (Å²) in [5, 5.41) is 3.62. The summed E-state index contributed by atoms with van der Waals surface area (Å²) in [6.07, 6.45) is 1.66. The van der Waals surface area contributed by atoms with Crippen molar-refractivity contribution in [3.63, 3.8) is 0 Å². The van der Waals surface area contributed by atoms with Crippen molar-refractivity contribution in [1.29, 1.82) is 0 Å². The molecule has 1 fully saturated rings. The highest BCUT2D eigenvalue weighted by atomic mass is 16.5. The minimum atomic E-state index is 0.192. The summed E-state index contributed by atoms with van der Waals surface area (Å²) in [4.78, 5) is 0. The Balaban J connectivity index is 2.24. The number of nitrogens with one attached hydrogen (secondary N) is 1. The first-order valence-corrected chi connectivity index (χ1v) is 7.72. The van der Waals surface area contributed by atoms with Crippen LogP contribution in [-0.2, 0) is 4.74 Å². The van der Waals surface area contributed by atoms with E-state index < -0.39 is 0 Å². The number of hydrogen-bond donors (Lipinski definition) is 1. The lowest BCUT2D eigenvalue weighted by atomic mass is 9.90. The number of para-hydroxylation sites is 1. The Bertz CT molecular complexity index is 419. The highest BCUT2D eigenvalue weighted by molar-refractivity contribution is 5.36. The zero-order valence-electron chi connectivity index (χ0n) is 13.1. The molecule has 0 bridgehead atoms. The Labute approximate surface area is 122 Å². The smallest absolute Gasteiger partial charge is 0.124 e. The third-order valence-corrected chi connectivity index (χ3v) is 3.74. The van der Waals surface area contributed by atoms with Gasteiger partial charge in [0.2, 0.25) is 0 Å². The monoisotopic (exact) mass is 277 g/mol. The van der Waals surface area contributed by atoms with Gasteiger partial charge in [0.05, 0.1) is 18.8 Å². The zero-order valence-corrected chi connectivity index (χ0v) is 13.1. The maximum absolute atomic E-state index is 5.98. The zero-order chi connectivity index (χ0) is 14.5. The molecule has 1 heterocycles. The molecule has 3 unspecified atom stereocenters. The quantitative estimate of drug-likeness (QED) is 0.862. The molecule has 0 aromatic heterocycles. The van der Waals surface area contributed by atoms with Gasteiger partial charge < -0.3 is 14.8 Å². The largest absolute Gasteiger partial charge is 0.491 e. The van der Waals surface area contributed by atoms with Crippen LogP contribution in [0.1, 0.15) is 45.7 Å². The minimum absolute atomic E-state index is 0.192. The maximum Gasteiger partial charge on any atom is 0.124 e. The van der Waals surface area contributed by atoms with E-state index in [-0.39, 0.29) is 6.10 Å². The summed E-state index contributed by atoms with van der Waals surface area (Å²) >= 11 is 0. The molecule has 112 valence electrons. The van der Waals surface area contributed by atoms with E-state index in [1.807, 2.05) is 6.07 Å². The second-order valence-corrected chi connectivity index (χ2v) is 5.88. The molecular formula is C17H27NO2. The van der Waals surface area contributed by atoms with Crippen molar-refractivity contribution in [2.24, 2.45) is 5.92 Å². The van der Waals surface area contributed by atoms with Gasteiger partial charge in [-0.15, -0.1) is 0 Å². The summed E-state index contributed by atoms with van der Waals surface area (Å²) in [7, 11) is 0. The molecule has 0 saturated carbocycles. The number of ether oxygens (including phenoxy) is 2. The van der Waals surface area contributed by atoms with Crippen LogP contribution < -0.4 is 10.1 Å². The molecule has 20 heavy (non-hydrogen) atoms. The molecule has 0 amide bonds.